The van der Waals surface area contributed by atoms with E-state index >= 15 is 0 Å². The number of nitrogens with zero attached hydrogens (tertiary/aromatic N) is 1. The molecule has 128 valence electrons. The zero-order valence-electron chi connectivity index (χ0n) is 14.0. The van der Waals surface area contributed by atoms with Crippen molar-refractivity contribution >= 4 is 17.7 Å². The first kappa shape index (κ1) is 18.5. The molecule has 0 aromatic heterocycles. The van der Waals surface area contributed by atoms with Gasteiger partial charge >= 0.3 is 0 Å². The molecule has 0 heterocycles. The highest BCUT2D eigenvalue weighted by Gasteiger charge is 2.16. The zero-order chi connectivity index (χ0) is 17.5. The Hall–Kier alpha value is -1.85. The standard InChI is InChI=1S/C19H23FN2OS/c1-22(13-15-8-4-6-10-18(15)24-2)19(23)12-16(21)11-14-7-3-5-9-17(14)20/h3-10,16H,11-13,21H2,1-2H3. The molecule has 0 fully saturated rings. The third-order valence-corrected chi connectivity index (χ3v) is 4.74. The fourth-order valence-corrected chi connectivity index (χ4v) is 3.19. The molecule has 3 nitrogen and oxygen atoms in total. The van der Waals surface area contributed by atoms with Crippen LogP contribution in [0, 0.1) is 5.82 Å². The summed E-state index contributed by atoms with van der Waals surface area (Å²) in [7, 11) is 1.77. The molecule has 2 aromatic carbocycles. The van der Waals surface area contributed by atoms with Crippen LogP contribution in [-0.4, -0.2) is 30.2 Å². The van der Waals surface area contributed by atoms with E-state index in [4.69, 9.17) is 5.73 Å². The molecule has 0 saturated heterocycles. The quantitative estimate of drug-likeness (QED) is 0.781. The van der Waals surface area contributed by atoms with Crippen LogP contribution < -0.4 is 5.73 Å². The van der Waals surface area contributed by atoms with E-state index in [0.29, 0.717) is 18.5 Å². The third kappa shape index (κ3) is 5.08. The van der Waals surface area contributed by atoms with Gasteiger partial charge in [0, 0.05) is 31.0 Å². The van der Waals surface area contributed by atoms with Crippen molar-refractivity contribution in [1.82, 2.24) is 4.90 Å². The van der Waals surface area contributed by atoms with E-state index in [9.17, 15) is 9.18 Å². The molecule has 0 bridgehead atoms. The van der Waals surface area contributed by atoms with Gasteiger partial charge in [-0.15, -0.1) is 11.8 Å². The van der Waals surface area contributed by atoms with Crippen molar-refractivity contribution in [3.8, 4) is 0 Å². The van der Waals surface area contributed by atoms with Gasteiger partial charge in [0.1, 0.15) is 5.82 Å². The summed E-state index contributed by atoms with van der Waals surface area (Å²) < 4.78 is 13.7. The lowest BCUT2D eigenvalue weighted by Gasteiger charge is -2.21. The Bertz CT molecular complexity index is 693. The van der Waals surface area contributed by atoms with Crippen molar-refractivity contribution < 1.29 is 9.18 Å². The molecule has 0 aliphatic carbocycles. The first-order chi connectivity index (χ1) is 11.5. The van der Waals surface area contributed by atoms with Crippen LogP contribution in [-0.2, 0) is 17.8 Å². The van der Waals surface area contributed by atoms with Crippen LogP contribution in [0.15, 0.2) is 53.4 Å². The second-order valence-corrected chi connectivity index (χ2v) is 6.67. The predicted octanol–water partition coefficient (Wildman–Crippen LogP) is 3.47. The second-order valence-electron chi connectivity index (χ2n) is 5.82. The molecule has 2 rings (SSSR count). The minimum atomic E-state index is -0.396. The van der Waals surface area contributed by atoms with E-state index in [0.717, 1.165) is 10.5 Å². The summed E-state index contributed by atoms with van der Waals surface area (Å²) in [5.74, 6) is -0.308. The molecule has 0 radical (unpaired) electrons. The highest BCUT2D eigenvalue weighted by atomic mass is 32.2. The van der Waals surface area contributed by atoms with Crippen LogP contribution in [0.4, 0.5) is 4.39 Å². The maximum atomic E-state index is 13.7. The monoisotopic (exact) mass is 346 g/mol. The summed E-state index contributed by atoms with van der Waals surface area (Å²) in [5, 5.41) is 0. The van der Waals surface area contributed by atoms with Crippen LogP contribution in [0.25, 0.3) is 0 Å². The molecule has 0 spiro atoms. The SMILES string of the molecule is CSc1ccccc1CN(C)C(=O)CC(N)Cc1ccccc1F. The molecule has 0 aliphatic rings. The summed E-state index contributed by atoms with van der Waals surface area (Å²) in [6.07, 6.45) is 2.57. The van der Waals surface area contributed by atoms with Gasteiger partial charge in [-0.2, -0.15) is 0 Å². The number of hydrogen-bond donors (Lipinski definition) is 1. The van der Waals surface area contributed by atoms with Crippen molar-refractivity contribution in [2.75, 3.05) is 13.3 Å². The van der Waals surface area contributed by atoms with Gasteiger partial charge in [0.25, 0.3) is 0 Å². The summed E-state index contributed by atoms with van der Waals surface area (Å²) in [4.78, 5) is 15.2. The van der Waals surface area contributed by atoms with E-state index < -0.39 is 6.04 Å². The van der Waals surface area contributed by atoms with Gasteiger partial charge in [0.15, 0.2) is 0 Å². The van der Waals surface area contributed by atoms with Crippen molar-refractivity contribution in [3.05, 3.63) is 65.5 Å². The molecule has 2 aromatic rings. The number of hydrogen-bond acceptors (Lipinski definition) is 3. The Labute approximate surface area is 147 Å². The molecule has 1 amide bonds. The van der Waals surface area contributed by atoms with Crippen molar-refractivity contribution in [1.29, 1.82) is 0 Å². The third-order valence-electron chi connectivity index (χ3n) is 3.90. The van der Waals surface area contributed by atoms with Crippen molar-refractivity contribution in [3.63, 3.8) is 0 Å². The van der Waals surface area contributed by atoms with Gasteiger partial charge in [-0.25, -0.2) is 4.39 Å². The average Bonchev–Trinajstić information content (AvgIpc) is 2.57. The number of benzene rings is 2. The molecule has 24 heavy (non-hydrogen) atoms. The first-order valence-electron chi connectivity index (χ1n) is 7.86. The second kappa shape index (κ2) is 8.85. The van der Waals surface area contributed by atoms with E-state index in [-0.39, 0.29) is 18.1 Å². The molecule has 0 saturated carbocycles. The van der Waals surface area contributed by atoms with Gasteiger partial charge in [-0.1, -0.05) is 36.4 Å². The topological polar surface area (TPSA) is 46.3 Å². The molecule has 1 atom stereocenters. The highest BCUT2D eigenvalue weighted by molar-refractivity contribution is 7.98. The number of thioether (sulfide) groups is 1. The normalized spacial score (nSPS) is 12.0. The lowest BCUT2D eigenvalue weighted by molar-refractivity contribution is -0.130. The number of carbonyl (C=O) groups is 1. The van der Waals surface area contributed by atoms with Crippen LogP contribution >= 0.6 is 11.8 Å². The molecular weight excluding hydrogens is 323 g/mol. The Morgan fingerprint density at radius 3 is 2.46 bits per heavy atom. The fourth-order valence-electron chi connectivity index (χ4n) is 2.58. The van der Waals surface area contributed by atoms with Crippen molar-refractivity contribution in [2.45, 2.75) is 30.3 Å². The molecule has 1 unspecified atom stereocenters. The van der Waals surface area contributed by atoms with E-state index in [1.165, 1.54) is 6.07 Å². The van der Waals surface area contributed by atoms with Gasteiger partial charge in [0.2, 0.25) is 5.91 Å². The Morgan fingerprint density at radius 1 is 1.17 bits per heavy atom. The van der Waals surface area contributed by atoms with E-state index in [1.54, 1.807) is 41.9 Å². The maximum absolute atomic E-state index is 13.7. The molecule has 5 heteroatoms. The summed E-state index contributed by atoms with van der Waals surface area (Å²) in [6.45, 7) is 0.544. The van der Waals surface area contributed by atoms with Crippen LogP contribution in [0.1, 0.15) is 17.5 Å². The minimum absolute atomic E-state index is 0.0326. The number of nitrogens with two attached hydrogens (primary N) is 1. The number of halogens is 1. The summed E-state index contributed by atoms with van der Waals surface area (Å²) >= 11 is 1.66. The van der Waals surface area contributed by atoms with Crippen LogP contribution in [0.5, 0.6) is 0 Å². The van der Waals surface area contributed by atoms with Crippen LogP contribution in [0.2, 0.25) is 0 Å². The minimum Gasteiger partial charge on any atom is -0.341 e. The molecular formula is C19H23FN2OS. The predicted molar refractivity (Wildman–Crippen MR) is 97.4 cm³/mol. The lowest BCUT2D eigenvalue weighted by atomic mass is 10.0. The lowest BCUT2D eigenvalue weighted by Crippen LogP contribution is -2.34. The molecule has 0 aliphatic heterocycles. The largest absolute Gasteiger partial charge is 0.341 e. The fraction of sp³-hybridized carbons (Fsp3) is 0.316. The summed E-state index contributed by atoms with van der Waals surface area (Å²) in [5.41, 5.74) is 7.71. The van der Waals surface area contributed by atoms with Gasteiger partial charge in [0.05, 0.1) is 0 Å². The maximum Gasteiger partial charge on any atom is 0.224 e. The number of carbonyl (C=O) groups excluding carboxylic acids is 1. The highest BCUT2D eigenvalue weighted by Crippen LogP contribution is 2.21. The van der Waals surface area contributed by atoms with Crippen molar-refractivity contribution in [2.24, 2.45) is 5.73 Å². The number of amides is 1. The Morgan fingerprint density at radius 2 is 1.79 bits per heavy atom. The van der Waals surface area contributed by atoms with E-state index in [2.05, 4.69) is 0 Å². The van der Waals surface area contributed by atoms with Crippen LogP contribution in [0.3, 0.4) is 0 Å². The molecule has 2 N–H and O–H groups in total. The Balaban J connectivity index is 1.92. The Kier molecular flexibility index (Phi) is 6.82. The summed E-state index contributed by atoms with van der Waals surface area (Å²) in [6, 6.07) is 14.2. The number of rotatable bonds is 7. The smallest absolute Gasteiger partial charge is 0.224 e. The zero-order valence-corrected chi connectivity index (χ0v) is 14.9. The van der Waals surface area contributed by atoms with E-state index in [1.807, 2.05) is 30.5 Å². The first-order valence-corrected chi connectivity index (χ1v) is 9.08. The average molecular weight is 346 g/mol. The van der Waals surface area contributed by atoms with Gasteiger partial charge in [-0.3, -0.25) is 4.79 Å². The van der Waals surface area contributed by atoms with Gasteiger partial charge < -0.3 is 10.6 Å². The van der Waals surface area contributed by atoms with Gasteiger partial charge in [-0.05, 0) is 35.9 Å².